The van der Waals surface area contributed by atoms with Crippen molar-refractivity contribution in [3.05, 3.63) is 59.3 Å². The van der Waals surface area contributed by atoms with E-state index in [0.717, 1.165) is 24.3 Å². The largest absolute Gasteiger partial charge is 0.494 e. The molecule has 1 aromatic heterocycles. The summed E-state index contributed by atoms with van der Waals surface area (Å²) in [7, 11) is 0. The van der Waals surface area contributed by atoms with Gasteiger partial charge in [0.1, 0.15) is 5.75 Å². The first-order chi connectivity index (χ1) is 14.2. The molecule has 0 atom stereocenters. The summed E-state index contributed by atoms with van der Waals surface area (Å²) in [5.74, 6) is 0.726. The maximum atomic E-state index is 12.2. The molecule has 0 radical (unpaired) electrons. The highest BCUT2D eigenvalue weighted by molar-refractivity contribution is 8.18. The average Bonchev–Trinajstić information content (AvgIpc) is 3.08. The fourth-order valence-electron chi connectivity index (χ4n) is 2.90. The normalized spacial score (nSPS) is 16.4. The third kappa shape index (κ3) is 7.06. The van der Waals surface area contributed by atoms with Gasteiger partial charge >= 0.3 is 0 Å². The molecule has 0 aliphatic carbocycles. The highest BCUT2D eigenvalue weighted by atomic mass is 32.2. The number of amides is 1. The zero-order chi connectivity index (χ0) is 20.3. The molecular weight excluding hydrogens is 382 g/mol. The molecule has 1 fully saturated rings. The monoisotopic (exact) mass is 409 g/mol. The minimum absolute atomic E-state index is 0.138. The summed E-state index contributed by atoms with van der Waals surface area (Å²) in [6.45, 7) is 2.98. The molecule has 2 aromatic rings. The molecule has 5 nitrogen and oxygen atoms in total. The lowest BCUT2D eigenvalue weighted by Crippen LogP contribution is -2.19. The van der Waals surface area contributed by atoms with Crippen LogP contribution >= 0.6 is 11.8 Å². The number of hydrogen-bond acceptors (Lipinski definition) is 5. The third-order valence-corrected chi connectivity index (χ3v) is 5.38. The Morgan fingerprint density at radius 1 is 1.10 bits per heavy atom. The Morgan fingerprint density at radius 3 is 2.66 bits per heavy atom. The molecule has 0 saturated carbocycles. The van der Waals surface area contributed by atoms with Gasteiger partial charge in [-0.2, -0.15) is 0 Å². The number of unbranched alkanes of at least 4 members (excludes halogenated alkanes) is 5. The number of carbonyl (C=O) groups is 1. The van der Waals surface area contributed by atoms with E-state index >= 15 is 0 Å². The third-order valence-electron chi connectivity index (χ3n) is 4.47. The molecule has 1 amide bonds. The highest BCUT2D eigenvalue weighted by Crippen LogP contribution is 2.28. The van der Waals surface area contributed by atoms with Gasteiger partial charge in [-0.25, -0.2) is 4.99 Å². The number of aliphatic imine (C=N–C) groups is 1. The number of carbonyl (C=O) groups excluding carboxylic acids is 1. The molecule has 1 aromatic carbocycles. The summed E-state index contributed by atoms with van der Waals surface area (Å²) in [5.41, 5.74) is 1.67. The first-order valence-electron chi connectivity index (χ1n) is 10.2. The Balaban J connectivity index is 1.49. The predicted octanol–water partition coefficient (Wildman–Crippen LogP) is 5.71. The second-order valence-corrected chi connectivity index (χ2v) is 7.91. The first-order valence-corrected chi connectivity index (χ1v) is 11.0. The second-order valence-electron chi connectivity index (χ2n) is 6.88. The van der Waals surface area contributed by atoms with Gasteiger partial charge < -0.3 is 10.1 Å². The van der Waals surface area contributed by atoms with Crippen LogP contribution in [-0.4, -0.2) is 22.7 Å². The molecule has 0 spiro atoms. The Labute approximate surface area is 176 Å². The van der Waals surface area contributed by atoms with Gasteiger partial charge in [0.2, 0.25) is 0 Å². The van der Waals surface area contributed by atoms with Crippen LogP contribution in [0.25, 0.3) is 6.08 Å². The number of aromatic nitrogens is 1. The van der Waals surface area contributed by atoms with E-state index in [1.54, 1.807) is 12.4 Å². The van der Waals surface area contributed by atoms with Crippen molar-refractivity contribution in [3.8, 4) is 5.75 Å². The Bertz CT molecular complexity index is 848. The van der Waals surface area contributed by atoms with Gasteiger partial charge in [-0.15, -0.1) is 0 Å². The lowest BCUT2D eigenvalue weighted by molar-refractivity contribution is -0.115. The van der Waals surface area contributed by atoms with E-state index in [0.29, 0.717) is 15.8 Å². The van der Waals surface area contributed by atoms with Crippen LogP contribution in [0.4, 0.5) is 5.69 Å². The van der Waals surface area contributed by atoms with Crippen LogP contribution in [0.3, 0.4) is 0 Å². The standard InChI is InChI=1S/C23H27N3O2S/c1-2-3-4-5-6-7-15-28-20-12-10-18(11-13-20)16-21-22(27)26-23(29-21)25-19-9-8-14-24-17-19/h8-14,16-17H,2-7,15H2,1H3,(H,25,26,27)/b21-16+. The summed E-state index contributed by atoms with van der Waals surface area (Å²) in [6.07, 6.45) is 12.7. The molecule has 6 heteroatoms. The molecule has 2 heterocycles. The van der Waals surface area contributed by atoms with Crippen LogP contribution in [0.2, 0.25) is 0 Å². The number of ether oxygens (including phenoxy) is 1. The zero-order valence-electron chi connectivity index (χ0n) is 16.8. The van der Waals surface area contributed by atoms with Crippen molar-refractivity contribution in [1.82, 2.24) is 10.3 Å². The summed E-state index contributed by atoms with van der Waals surface area (Å²) >= 11 is 1.33. The van der Waals surface area contributed by atoms with Crippen LogP contribution < -0.4 is 10.1 Å². The van der Waals surface area contributed by atoms with Crippen LogP contribution in [0.5, 0.6) is 5.75 Å². The van der Waals surface area contributed by atoms with Crippen LogP contribution in [0, 0.1) is 0 Å². The SMILES string of the molecule is CCCCCCCCOc1ccc(/C=C2/SC(=Nc3cccnc3)NC2=O)cc1. The van der Waals surface area contributed by atoms with Crippen molar-refractivity contribution in [2.75, 3.05) is 6.61 Å². The number of rotatable bonds is 10. The van der Waals surface area contributed by atoms with Gasteiger partial charge in [-0.05, 0) is 54.1 Å². The van der Waals surface area contributed by atoms with Crippen molar-refractivity contribution < 1.29 is 9.53 Å². The number of benzene rings is 1. The fraction of sp³-hybridized carbons (Fsp3) is 0.348. The highest BCUT2D eigenvalue weighted by Gasteiger charge is 2.23. The molecule has 29 heavy (non-hydrogen) atoms. The van der Waals surface area contributed by atoms with E-state index in [2.05, 4.69) is 22.2 Å². The van der Waals surface area contributed by atoms with E-state index < -0.39 is 0 Å². The van der Waals surface area contributed by atoms with Gasteiger partial charge in [0.05, 0.1) is 23.4 Å². The van der Waals surface area contributed by atoms with Gasteiger partial charge in [0.25, 0.3) is 5.91 Å². The first kappa shape index (κ1) is 21.1. The Morgan fingerprint density at radius 2 is 1.90 bits per heavy atom. The van der Waals surface area contributed by atoms with E-state index in [1.165, 1.54) is 43.9 Å². The van der Waals surface area contributed by atoms with Crippen molar-refractivity contribution in [2.45, 2.75) is 45.4 Å². The number of amidine groups is 1. The summed E-state index contributed by atoms with van der Waals surface area (Å²) in [4.78, 5) is 21.2. The van der Waals surface area contributed by atoms with E-state index in [1.807, 2.05) is 42.5 Å². The molecule has 1 saturated heterocycles. The minimum Gasteiger partial charge on any atom is -0.494 e. The van der Waals surface area contributed by atoms with Gasteiger partial charge in [0, 0.05) is 6.20 Å². The predicted molar refractivity (Wildman–Crippen MR) is 120 cm³/mol. The molecule has 0 bridgehead atoms. The van der Waals surface area contributed by atoms with Crippen LogP contribution in [0.1, 0.15) is 51.0 Å². The summed E-state index contributed by atoms with van der Waals surface area (Å²) in [6, 6.07) is 11.5. The van der Waals surface area contributed by atoms with Crippen molar-refractivity contribution in [3.63, 3.8) is 0 Å². The van der Waals surface area contributed by atoms with Gasteiger partial charge in [-0.1, -0.05) is 51.2 Å². The lowest BCUT2D eigenvalue weighted by Gasteiger charge is -2.06. The van der Waals surface area contributed by atoms with E-state index in [-0.39, 0.29) is 5.91 Å². The number of nitrogens with one attached hydrogen (secondary N) is 1. The quantitative estimate of drug-likeness (QED) is 0.403. The number of thioether (sulfide) groups is 1. The van der Waals surface area contributed by atoms with Crippen molar-refractivity contribution in [1.29, 1.82) is 0 Å². The number of hydrogen-bond donors (Lipinski definition) is 1. The lowest BCUT2D eigenvalue weighted by atomic mass is 10.1. The topological polar surface area (TPSA) is 63.6 Å². The molecule has 0 unspecified atom stereocenters. The molecule has 1 aliphatic heterocycles. The summed E-state index contributed by atoms with van der Waals surface area (Å²) < 4.78 is 5.81. The molecule has 1 aliphatic rings. The summed E-state index contributed by atoms with van der Waals surface area (Å²) in [5, 5.41) is 3.35. The molecule has 1 N–H and O–H groups in total. The van der Waals surface area contributed by atoms with Gasteiger partial charge in [0.15, 0.2) is 5.17 Å². The Kier molecular flexibility index (Phi) is 8.31. The van der Waals surface area contributed by atoms with Crippen LogP contribution in [-0.2, 0) is 4.79 Å². The molecule has 152 valence electrons. The average molecular weight is 410 g/mol. The maximum Gasteiger partial charge on any atom is 0.264 e. The van der Waals surface area contributed by atoms with E-state index in [4.69, 9.17) is 4.74 Å². The van der Waals surface area contributed by atoms with Crippen molar-refractivity contribution >= 4 is 34.6 Å². The smallest absolute Gasteiger partial charge is 0.264 e. The van der Waals surface area contributed by atoms with Gasteiger partial charge in [-0.3, -0.25) is 9.78 Å². The second kappa shape index (κ2) is 11.4. The van der Waals surface area contributed by atoms with Crippen LogP contribution in [0.15, 0.2) is 58.7 Å². The molecule has 3 rings (SSSR count). The maximum absolute atomic E-state index is 12.2. The Hall–Kier alpha value is -2.60. The minimum atomic E-state index is -0.138. The fourth-order valence-corrected chi connectivity index (χ4v) is 3.74. The van der Waals surface area contributed by atoms with E-state index in [9.17, 15) is 4.79 Å². The number of nitrogens with zero attached hydrogens (tertiary/aromatic N) is 2. The number of pyridine rings is 1. The molecular formula is C23H27N3O2S. The zero-order valence-corrected chi connectivity index (χ0v) is 17.6. The van der Waals surface area contributed by atoms with Crippen molar-refractivity contribution in [2.24, 2.45) is 4.99 Å².